The molecule has 0 aliphatic carbocycles. The van der Waals surface area contributed by atoms with E-state index in [0.717, 1.165) is 12.8 Å². The molecule has 0 fully saturated rings. The molecule has 1 aromatic carbocycles. The quantitative estimate of drug-likeness (QED) is 0.795. The van der Waals surface area contributed by atoms with Crippen molar-refractivity contribution in [3.8, 4) is 5.75 Å². The van der Waals surface area contributed by atoms with Gasteiger partial charge < -0.3 is 10.4 Å². The summed E-state index contributed by atoms with van der Waals surface area (Å²) in [7, 11) is 0. The monoisotopic (exact) mass is 255 g/mol. The van der Waals surface area contributed by atoms with Gasteiger partial charge in [-0.3, -0.25) is 4.79 Å². The van der Waals surface area contributed by atoms with Crippen molar-refractivity contribution in [3.05, 3.63) is 29.3 Å². The van der Waals surface area contributed by atoms with E-state index in [0.29, 0.717) is 17.7 Å². The topological polar surface area (TPSA) is 49.3 Å². The van der Waals surface area contributed by atoms with E-state index < -0.39 is 0 Å². The van der Waals surface area contributed by atoms with Crippen molar-refractivity contribution in [1.82, 2.24) is 5.32 Å². The first-order valence-electron chi connectivity index (χ1n) is 5.76. The fourth-order valence-electron chi connectivity index (χ4n) is 1.45. The number of aromatic hydroxyl groups is 1. The van der Waals surface area contributed by atoms with Crippen molar-refractivity contribution in [2.24, 2.45) is 0 Å². The lowest BCUT2D eigenvalue weighted by atomic mass is 10.1. The third-order valence-electron chi connectivity index (χ3n) is 2.65. The zero-order valence-corrected chi connectivity index (χ0v) is 10.9. The second kappa shape index (κ2) is 6.50. The number of nitrogens with one attached hydrogen (secondary N) is 1. The first-order valence-corrected chi connectivity index (χ1v) is 6.20. The highest BCUT2D eigenvalue weighted by Crippen LogP contribution is 2.16. The Morgan fingerprint density at radius 3 is 2.82 bits per heavy atom. The van der Waals surface area contributed by atoms with Gasteiger partial charge >= 0.3 is 0 Å². The maximum absolute atomic E-state index is 11.7. The van der Waals surface area contributed by atoms with Crippen LogP contribution < -0.4 is 5.32 Å². The van der Waals surface area contributed by atoms with Gasteiger partial charge in [0.15, 0.2) is 0 Å². The average molecular weight is 256 g/mol. The molecular formula is C13H18ClNO2. The number of hydrogen-bond acceptors (Lipinski definition) is 2. The summed E-state index contributed by atoms with van der Waals surface area (Å²) in [6, 6.07) is 4.80. The molecule has 0 aliphatic heterocycles. The third kappa shape index (κ3) is 4.27. The van der Waals surface area contributed by atoms with Gasteiger partial charge in [-0.1, -0.05) is 6.92 Å². The van der Waals surface area contributed by atoms with Gasteiger partial charge in [-0.05, 0) is 43.5 Å². The van der Waals surface area contributed by atoms with Crippen molar-refractivity contribution in [3.63, 3.8) is 0 Å². The number of halogens is 1. The van der Waals surface area contributed by atoms with E-state index in [2.05, 4.69) is 5.32 Å². The molecule has 1 rings (SSSR count). The number of rotatable bonds is 5. The molecule has 1 atom stereocenters. The summed E-state index contributed by atoms with van der Waals surface area (Å²) in [5.74, 6) is 0.0708. The highest BCUT2D eigenvalue weighted by atomic mass is 35.5. The Bertz CT molecular complexity index is 393. The molecule has 2 N–H and O–H groups in total. The lowest BCUT2D eigenvalue weighted by Crippen LogP contribution is -2.26. The van der Waals surface area contributed by atoms with Crippen LogP contribution in [0.1, 0.15) is 35.7 Å². The van der Waals surface area contributed by atoms with Gasteiger partial charge in [0, 0.05) is 17.5 Å². The smallest absolute Gasteiger partial charge is 0.251 e. The number of phenols is 1. The minimum absolute atomic E-state index is 0.108. The first kappa shape index (κ1) is 13.8. The van der Waals surface area contributed by atoms with E-state index in [4.69, 9.17) is 11.6 Å². The molecule has 0 saturated carbocycles. The number of phenolic OH excluding ortho intramolecular Hbond substituents is 1. The predicted octanol–water partition coefficient (Wildman–Crippen LogP) is 2.84. The lowest BCUT2D eigenvalue weighted by molar-refractivity contribution is 0.0953. The molecule has 3 nitrogen and oxygen atoms in total. The molecular weight excluding hydrogens is 238 g/mol. The van der Waals surface area contributed by atoms with Crippen LogP contribution >= 0.6 is 11.6 Å². The van der Waals surface area contributed by atoms with Crippen LogP contribution in [0.25, 0.3) is 0 Å². The van der Waals surface area contributed by atoms with Gasteiger partial charge in [0.2, 0.25) is 0 Å². The summed E-state index contributed by atoms with van der Waals surface area (Å²) in [6.45, 7) is 4.35. The second-order valence-corrected chi connectivity index (χ2v) is 4.67. The Balaban J connectivity index is 2.50. The summed E-state index contributed by atoms with van der Waals surface area (Å²) in [5, 5.41) is 12.3. The Kier molecular flexibility index (Phi) is 5.29. The summed E-state index contributed by atoms with van der Waals surface area (Å²) >= 11 is 5.96. The van der Waals surface area contributed by atoms with E-state index in [1.807, 2.05) is 6.92 Å². The summed E-state index contributed by atoms with van der Waals surface area (Å²) in [5.41, 5.74) is 1.25. The molecule has 0 aromatic heterocycles. The van der Waals surface area contributed by atoms with Gasteiger partial charge in [0.25, 0.3) is 5.91 Å². The van der Waals surface area contributed by atoms with Crippen molar-refractivity contribution < 1.29 is 9.90 Å². The largest absolute Gasteiger partial charge is 0.508 e. The first-order chi connectivity index (χ1) is 8.04. The fourth-order valence-corrected chi connectivity index (χ4v) is 1.55. The van der Waals surface area contributed by atoms with E-state index in [-0.39, 0.29) is 17.0 Å². The van der Waals surface area contributed by atoms with Crippen LogP contribution in [0.2, 0.25) is 0 Å². The van der Waals surface area contributed by atoms with Crippen molar-refractivity contribution >= 4 is 17.5 Å². The molecule has 4 heteroatoms. The average Bonchev–Trinajstić information content (AvgIpc) is 2.32. The van der Waals surface area contributed by atoms with Crippen LogP contribution in [0.4, 0.5) is 0 Å². The minimum Gasteiger partial charge on any atom is -0.508 e. The van der Waals surface area contributed by atoms with Crippen molar-refractivity contribution in [1.29, 1.82) is 0 Å². The maximum atomic E-state index is 11.7. The van der Waals surface area contributed by atoms with Gasteiger partial charge in [0.1, 0.15) is 5.75 Å². The summed E-state index contributed by atoms with van der Waals surface area (Å²) < 4.78 is 0. The normalized spacial score (nSPS) is 12.2. The molecule has 1 amide bonds. The minimum atomic E-state index is -0.131. The second-order valence-electron chi connectivity index (χ2n) is 4.05. The number of carbonyl (C=O) groups is 1. The van der Waals surface area contributed by atoms with Gasteiger partial charge in [0.05, 0.1) is 0 Å². The number of benzene rings is 1. The van der Waals surface area contributed by atoms with Gasteiger partial charge in [-0.25, -0.2) is 0 Å². The van der Waals surface area contributed by atoms with E-state index in [1.165, 1.54) is 6.07 Å². The van der Waals surface area contributed by atoms with Crippen molar-refractivity contribution in [2.75, 3.05) is 6.54 Å². The number of hydrogen-bond donors (Lipinski definition) is 2. The molecule has 1 aromatic rings. The molecule has 0 saturated heterocycles. The number of amides is 1. The summed E-state index contributed by atoms with van der Waals surface area (Å²) in [6.07, 6.45) is 1.66. The lowest BCUT2D eigenvalue weighted by Gasteiger charge is -2.08. The molecule has 0 radical (unpaired) electrons. The third-order valence-corrected chi connectivity index (χ3v) is 3.17. The molecule has 0 aliphatic rings. The van der Waals surface area contributed by atoms with Gasteiger partial charge in [-0.2, -0.15) is 0 Å². The van der Waals surface area contributed by atoms with Crippen molar-refractivity contribution in [2.45, 2.75) is 32.1 Å². The zero-order chi connectivity index (χ0) is 12.8. The number of carbonyl (C=O) groups excluding carboxylic acids is 1. The van der Waals surface area contributed by atoms with Crippen LogP contribution in [0.3, 0.4) is 0 Å². The Morgan fingerprint density at radius 1 is 1.53 bits per heavy atom. The Labute approximate surface area is 107 Å². The molecule has 0 heterocycles. The maximum Gasteiger partial charge on any atom is 0.251 e. The van der Waals surface area contributed by atoms with Crippen LogP contribution in [-0.4, -0.2) is 22.9 Å². The van der Waals surface area contributed by atoms with Crippen LogP contribution in [-0.2, 0) is 0 Å². The van der Waals surface area contributed by atoms with E-state index >= 15 is 0 Å². The molecule has 1 unspecified atom stereocenters. The molecule has 17 heavy (non-hydrogen) atoms. The van der Waals surface area contributed by atoms with Crippen LogP contribution in [0.5, 0.6) is 5.75 Å². The van der Waals surface area contributed by atoms with Gasteiger partial charge in [-0.15, -0.1) is 11.6 Å². The van der Waals surface area contributed by atoms with Crippen LogP contribution in [0, 0.1) is 6.92 Å². The number of alkyl halides is 1. The van der Waals surface area contributed by atoms with E-state index in [9.17, 15) is 9.90 Å². The Hall–Kier alpha value is -1.22. The predicted molar refractivity (Wildman–Crippen MR) is 69.7 cm³/mol. The van der Waals surface area contributed by atoms with E-state index in [1.54, 1.807) is 19.1 Å². The fraction of sp³-hybridized carbons (Fsp3) is 0.462. The highest BCUT2D eigenvalue weighted by molar-refractivity contribution is 6.20. The summed E-state index contributed by atoms with van der Waals surface area (Å²) in [4.78, 5) is 11.7. The Morgan fingerprint density at radius 2 is 2.24 bits per heavy atom. The highest BCUT2D eigenvalue weighted by Gasteiger charge is 2.08. The standard InChI is InChI=1S/C13H18ClNO2/c1-3-11(14)6-7-15-13(17)10-4-5-12(16)9(2)8-10/h4-5,8,11,16H,3,6-7H2,1-2H3,(H,15,17). The molecule has 0 bridgehead atoms. The number of aryl methyl sites for hydroxylation is 1. The molecule has 94 valence electrons. The van der Waals surface area contributed by atoms with Crippen LogP contribution in [0.15, 0.2) is 18.2 Å². The zero-order valence-electron chi connectivity index (χ0n) is 10.2. The molecule has 0 spiro atoms. The SMILES string of the molecule is CCC(Cl)CCNC(=O)c1ccc(O)c(C)c1.